The molecule has 0 spiro atoms. The summed E-state index contributed by atoms with van der Waals surface area (Å²) in [5.74, 6) is 0.302. The van der Waals surface area contributed by atoms with E-state index in [1.54, 1.807) is 16.9 Å². The quantitative estimate of drug-likeness (QED) is 0.182. The lowest BCUT2D eigenvalue weighted by Gasteiger charge is -2.33. The molecule has 2 aromatic heterocycles. The third kappa shape index (κ3) is 4.02. The molecule has 3 heterocycles. The molecule has 4 heteroatoms. The second-order valence-corrected chi connectivity index (χ2v) is 15.3. The molecule has 0 N–H and O–H groups in total. The van der Waals surface area contributed by atoms with Gasteiger partial charge < -0.3 is 4.90 Å². The molecule has 3 aromatic carbocycles. The van der Waals surface area contributed by atoms with Crippen LogP contribution in [0.4, 0.5) is 5.69 Å². The molecule has 1 aliphatic heterocycles. The van der Waals surface area contributed by atoms with Crippen LogP contribution >= 0.6 is 22.7 Å². The fourth-order valence-electron chi connectivity index (χ4n) is 8.35. The number of hydrogen-bond donors (Lipinski definition) is 0. The van der Waals surface area contributed by atoms with Crippen molar-refractivity contribution in [1.29, 1.82) is 0 Å². The Morgan fingerprint density at radius 3 is 2.38 bits per heavy atom. The molecule has 2 nitrogen and oxygen atoms in total. The normalized spacial score (nSPS) is 20.8. The zero-order valence-electron chi connectivity index (χ0n) is 25.4. The number of thiophene rings is 2. The molecular weight excluding hydrogens is 587 g/mol. The molecule has 0 radical (unpaired) electrons. The molecule has 220 valence electrons. The van der Waals surface area contributed by atoms with E-state index in [2.05, 4.69) is 122 Å². The van der Waals surface area contributed by atoms with Crippen LogP contribution in [0.5, 0.6) is 0 Å². The summed E-state index contributed by atoms with van der Waals surface area (Å²) in [5, 5.41) is 0. The fourth-order valence-corrected chi connectivity index (χ4v) is 10.3. The summed E-state index contributed by atoms with van der Waals surface area (Å²) in [6.07, 6.45) is 9.23. The molecule has 2 unspecified atom stereocenters. The number of fused-ring (bicyclic) bond motifs is 3. The molecule has 0 saturated heterocycles. The number of para-hydroxylation sites is 1. The number of benzene rings is 3. The Morgan fingerprint density at radius 1 is 0.778 bits per heavy atom. The van der Waals surface area contributed by atoms with Gasteiger partial charge in [0.05, 0.1) is 10.9 Å². The van der Waals surface area contributed by atoms with Crippen LogP contribution in [0.2, 0.25) is 0 Å². The predicted molar refractivity (Wildman–Crippen MR) is 189 cm³/mol. The molecule has 5 aromatic rings. The van der Waals surface area contributed by atoms with E-state index in [0.29, 0.717) is 5.92 Å². The molecule has 0 bridgehead atoms. The number of carbonyl (C=O) groups is 1. The van der Waals surface area contributed by atoms with Gasteiger partial charge in [0.1, 0.15) is 0 Å². The maximum absolute atomic E-state index is 11.3. The van der Waals surface area contributed by atoms with E-state index in [9.17, 15) is 4.79 Å². The lowest BCUT2D eigenvalue weighted by Crippen LogP contribution is -2.27. The van der Waals surface area contributed by atoms with Crippen LogP contribution in [-0.2, 0) is 5.41 Å². The summed E-state index contributed by atoms with van der Waals surface area (Å²) >= 11 is 3.42. The van der Waals surface area contributed by atoms with Crippen molar-refractivity contribution in [2.75, 3.05) is 4.90 Å². The maximum Gasteiger partial charge on any atom is 0.160 e. The van der Waals surface area contributed by atoms with Gasteiger partial charge in [0, 0.05) is 37.3 Å². The highest BCUT2D eigenvalue weighted by atomic mass is 32.1. The Labute approximate surface area is 272 Å². The van der Waals surface area contributed by atoms with Crippen molar-refractivity contribution in [2.24, 2.45) is 5.92 Å². The van der Waals surface area contributed by atoms with Crippen LogP contribution in [-0.4, -0.2) is 6.29 Å². The third-order valence-corrected chi connectivity index (χ3v) is 12.7. The van der Waals surface area contributed by atoms with Crippen molar-refractivity contribution < 1.29 is 4.79 Å². The molecule has 4 aliphatic rings. The Hall–Kier alpha value is -4.25. The zero-order valence-corrected chi connectivity index (χ0v) is 27.1. The van der Waals surface area contributed by atoms with Crippen molar-refractivity contribution >= 4 is 40.2 Å². The number of hydrogen-bond acceptors (Lipinski definition) is 4. The van der Waals surface area contributed by atoms with Gasteiger partial charge in [-0.25, -0.2) is 0 Å². The number of aldehydes is 1. The van der Waals surface area contributed by atoms with Crippen molar-refractivity contribution in [3.8, 4) is 20.9 Å². The summed E-state index contributed by atoms with van der Waals surface area (Å²) in [6.45, 7) is 4.76. The second-order valence-electron chi connectivity index (χ2n) is 13.1. The SMILES string of the molecule is CC1(C)c2ccccc2-c2ccc(C3C4C=CC(c5ccc(-c6ccc(C=O)s6)s5)=C5CCCC(=C54)N3c3ccccc3)cc21. The Morgan fingerprint density at radius 2 is 1.53 bits per heavy atom. The smallest absolute Gasteiger partial charge is 0.160 e. The van der Waals surface area contributed by atoms with Crippen LogP contribution in [0.25, 0.3) is 26.5 Å². The lowest BCUT2D eigenvalue weighted by atomic mass is 9.75. The van der Waals surface area contributed by atoms with E-state index < -0.39 is 0 Å². The van der Waals surface area contributed by atoms with E-state index in [-0.39, 0.29) is 11.5 Å². The van der Waals surface area contributed by atoms with Gasteiger partial charge in [-0.2, -0.15) is 0 Å². The first-order valence-electron chi connectivity index (χ1n) is 15.9. The van der Waals surface area contributed by atoms with E-state index >= 15 is 0 Å². The highest BCUT2D eigenvalue weighted by Crippen LogP contribution is 2.58. The molecule has 45 heavy (non-hydrogen) atoms. The van der Waals surface area contributed by atoms with Crippen LogP contribution in [0.15, 0.2) is 126 Å². The van der Waals surface area contributed by atoms with Crippen molar-refractivity contribution in [2.45, 2.75) is 44.6 Å². The monoisotopic (exact) mass is 619 g/mol. The Balaban J connectivity index is 1.17. The molecule has 0 fully saturated rings. The molecular formula is C41H33NOS2. The minimum absolute atomic E-state index is 0.0300. The van der Waals surface area contributed by atoms with Crippen LogP contribution < -0.4 is 4.90 Å². The largest absolute Gasteiger partial charge is 0.336 e. The summed E-state index contributed by atoms with van der Waals surface area (Å²) in [7, 11) is 0. The summed E-state index contributed by atoms with van der Waals surface area (Å²) < 4.78 is 0. The summed E-state index contributed by atoms with van der Waals surface area (Å²) in [4.78, 5) is 18.5. The van der Waals surface area contributed by atoms with E-state index in [1.807, 2.05) is 17.4 Å². The van der Waals surface area contributed by atoms with Crippen molar-refractivity contribution in [3.05, 3.63) is 153 Å². The topological polar surface area (TPSA) is 20.3 Å². The Kier molecular flexibility index (Phi) is 6.10. The highest BCUT2D eigenvalue weighted by Gasteiger charge is 2.46. The standard InChI is InChI=1S/C41H33NOS2/c1-41(2)33-13-7-6-11-28(33)29-17-15-25(23-34(29)41)40-32-19-18-30(36-21-22-38(45-36)37-20-16-27(24-43)44-37)31-12-8-14-35(39(31)32)42(40)26-9-4-3-5-10-26/h3-7,9-11,13,15-24,32,40H,8,12,14H2,1-2H3. The first kappa shape index (κ1) is 27.1. The van der Waals surface area contributed by atoms with E-state index in [0.717, 1.165) is 35.3 Å². The van der Waals surface area contributed by atoms with Gasteiger partial charge in [-0.15, -0.1) is 22.7 Å². The molecule has 0 saturated carbocycles. The number of carbonyl (C=O) groups excluding carboxylic acids is 1. The van der Waals surface area contributed by atoms with Gasteiger partial charge in [-0.05, 0) is 100 Å². The minimum Gasteiger partial charge on any atom is -0.336 e. The number of allylic oxidation sites excluding steroid dienone is 4. The van der Waals surface area contributed by atoms with Gasteiger partial charge in [0.2, 0.25) is 0 Å². The lowest BCUT2D eigenvalue weighted by molar-refractivity contribution is 0.112. The first-order valence-corrected chi connectivity index (χ1v) is 17.5. The average Bonchev–Trinajstić information content (AvgIpc) is 3.87. The zero-order chi connectivity index (χ0) is 30.3. The molecule has 3 aliphatic carbocycles. The summed E-state index contributed by atoms with van der Waals surface area (Å²) in [5.41, 5.74) is 14.2. The number of anilines is 1. The van der Waals surface area contributed by atoms with Crippen molar-refractivity contribution in [3.63, 3.8) is 0 Å². The molecule has 9 rings (SSSR count). The van der Waals surface area contributed by atoms with E-state index in [1.165, 1.54) is 60.1 Å². The molecule has 2 atom stereocenters. The Bertz CT molecular complexity index is 2100. The minimum atomic E-state index is -0.0300. The van der Waals surface area contributed by atoms with Crippen LogP contribution in [0.3, 0.4) is 0 Å². The second kappa shape index (κ2) is 10.1. The third-order valence-electron chi connectivity index (χ3n) is 10.4. The van der Waals surface area contributed by atoms with Crippen molar-refractivity contribution in [1.82, 2.24) is 0 Å². The number of rotatable bonds is 5. The average molecular weight is 620 g/mol. The highest BCUT2D eigenvalue weighted by molar-refractivity contribution is 7.23. The number of nitrogens with zero attached hydrogens (tertiary/aromatic N) is 1. The first-order chi connectivity index (χ1) is 22.0. The van der Waals surface area contributed by atoms with Crippen LogP contribution in [0, 0.1) is 5.92 Å². The predicted octanol–water partition coefficient (Wildman–Crippen LogP) is 11.2. The van der Waals surface area contributed by atoms with Crippen LogP contribution in [0.1, 0.15) is 70.4 Å². The molecule has 0 amide bonds. The van der Waals surface area contributed by atoms with Gasteiger partial charge in [-0.3, -0.25) is 4.79 Å². The van der Waals surface area contributed by atoms with Gasteiger partial charge in [-0.1, -0.05) is 86.7 Å². The van der Waals surface area contributed by atoms with Gasteiger partial charge in [0.25, 0.3) is 0 Å². The fraction of sp³-hybridized carbons (Fsp3) is 0.195. The maximum atomic E-state index is 11.3. The van der Waals surface area contributed by atoms with E-state index in [4.69, 9.17) is 0 Å². The summed E-state index contributed by atoms with van der Waals surface area (Å²) in [6, 6.07) is 36.0. The van der Waals surface area contributed by atoms with Gasteiger partial charge >= 0.3 is 0 Å². The van der Waals surface area contributed by atoms with Gasteiger partial charge in [0.15, 0.2) is 6.29 Å².